The second-order valence-electron chi connectivity index (χ2n) is 2.93. The molecule has 1 aromatic carbocycles. The molecule has 0 aromatic heterocycles. The molecular weight excluding hydrogens is 160 g/mol. The summed E-state index contributed by atoms with van der Waals surface area (Å²) < 4.78 is 0. The molecule has 0 unspecified atom stereocenters. The van der Waals surface area contributed by atoms with Crippen molar-refractivity contribution in [1.29, 1.82) is 0 Å². The zero-order valence-electron chi connectivity index (χ0n) is 8.01. The lowest BCUT2D eigenvalue weighted by atomic mass is 10.1. The van der Waals surface area contributed by atoms with Gasteiger partial charge in [0.2, 0.25) is 0 Å². The topological polar surface area (TPSA) is 24.1 Å². The third-order valence-corrected chi connectivity index (χ3v) is 1.85. The quantitative estimate of drug-likeness (QED) is 0.712. The van der Waals surface area contributed by atoms with Crippen LogP contribution in [-0.2, 0) is 13.1 Å². The lowest BCUT2D eigenvalue weighted by Gasteiger charge is -2.03. The molecule has 0 amide bonds. The van der Waals surface area contributed by atoms with Gasteiger partial charge in [-0.05, 0) is 24.4 Å². The first-order chi connectivity index (χ1) is 6.36. The Bertz CT molecular complexity index is 251. The van der Waals surface area contributed by atoms with Crippen molar-refractivity contribution in [2.45, 2.75) is 13.1 Å². The van der Waals surface area contributed by atoms with Crippen molar-refractivity contribution >= 4 is 0 Å². The second kappa shape index (κ2) is 5.38. The number of benzene rings is 1. The molecule has 0 radical (unpaired) electrons. The maximum absolute atomic E-state index is 3.60. The lowest BCUT2D eigenvalue weighted by molar-refractivity contribution is 0.814. The van der Waals surface area contributed by atoms with Crippen molar-refractivity contribution in [3.8, 4) is 0 Å². The van der Waals surface area contributed by atoms with Gasteiger partial charge in [-0.3, -0.25) is 0 Å². The first kappa shape index (κ1) is 9.81. The number of rotatable bonds is 5. The zero-order chi connectivity index (χ0) is 9.52. The van der Waals surface area contributed by atoms with Crippen molar-refractivity contribution in [3.05, 3.63) is 48.2 Å². The normalized spacial score (nSPS) is 9.62. The first-order valence-corrected chi connectivity index (χ1v) is 4.43. The molecule has 0 bridgehead atoms. The van der Waals surface area contributed by atoms with Crippen molar-refractivity contribution in [1.82, 2.24) is 10.6 Å². The standard InChI is InChI=1S/C11H16N2/c1-3-13-9-11-6-4-10(5-7-11)8-12-2/h3-7,12-13H,1,8-9H2,2H3. The van der Waals surface area contributed by atoms with Crippen molar-refractivity contribution < 1.29 is 0 Å². The molecular formula is C11H16N2. The predicted molar refractivity (Wildman–Crippen MR) is 56.2 cm³/mol. The fraction of sp³-hybridized carbons (Fsp3) is 0.273. The van der Waals surface area contributed by atoms with Crippen molar-refractivity contribution in [2.75, 3.05) is 7.05 Å². The highest BCUT2D eigenvalue weighted by Gasteiger charge is 1.91. The highest BCUT2D eigenvalue weighted by molar-refractivity contribution is 5.22. The molecule has 0 atom stereocenters. The average Bonchev–Trinajstić information content (AvgIpc) is 2.17. The number of hydrogen-bond donors (Lipinski definition) is 2. The molecule has 0 fully saturated rings. The molecule has 0 heterocycles. The number of nitrogens with one attached hydrogen (secondary N) is 2. The fourth-order valence-electron chi connectivity index (χ4n) is 1.17. The van der Waals surface area contributed by atoms with E-state index in [2.05, 4.69) is 41.5 Å². The maximum atomic E-state index is 3.60. The van der Waals surface area contributed by atoms with Gasteiger partial charge in [0.05, 0.1) is 0 Å². The summed E-state index contributed by atoms with van der Waals surface area (Å²) in [6.45, 7) is 5.38. The van der Waals surface area contributed by atoms with E-state index in [0.29, 0.717) is 0 Å². The van der Waals surface area contributed by atoms with Gasteiger partial charge in [-0.2, -0.15) is 0 Å². The average molecular weight is 176 g/mol. The second-order valence-corrected chi connectivity index (χ2v) is 2.93. The summed E-state index contributed by atoms with van der Waals surface area (Å²) >= 11 is 0. The van der Waals surface area contributed by atoms with Gasteiger partial charge in [0.15, 0.2) is 0 Å². The molecule has 1 aromatic rings. The van der Waals surface area contributed by atoms with E-state index in [-0.39, 0.29) is 0 Å². The lowest BCUT2D eigenvalue weighted by Crippen LogP contribution is -2.06. The van der Waals surface area contributed by atoms with Crippen LogP contribution in [0.5, 0.6) is 0 Å². The summed E-state index contributed by atoms with van der Waals surface area (Å²) in [5.74, 6) is 0. The zero-order valence-corrected chi connectivity index (χ0v) is 8.01. The minimum absolute atomic E-state index is 0.851. The van der Waals surface area contributed by atoms with Crippen LogP contribution in [0.3, 0.4) is 0 Å². The summed E-state index contributed by atoms with van der Waals surface area (Å²) in [5, 5.41) is 6.18. The summed E-state index contributed by atoms with van der Waals surface area (Å²) in [6.07, 6.45) is 1.71. The minimum atomic E-state index is 0.851. The van der Waals surface area contributed by atoms with Crippen LogP contribution >= 0.6 is 0 Å². The Morgan fingerprint density at radius 3 is 2.15 bits per heavy atom. The van der Waals surface area contributed by atoms with Gasteiger partial charge in [-0.25, -0.2) is 0 Å². The van der Waals surface area contributed by atoms with Gasteiger partial charge < -0.3 is 10.6 Å². The van der Waals surface area contributed by atoms with E-state index in [9.17, 15) is 0 Å². The van der Waals surface area contributed by atoms with E-state index >= 15 is 0 Å². The first-order valence-electron chi connectivity index (χ1n) is 4.43. The molecule has 1 rings (SSSR count). The minimum Gasteiger partial charge on any atom is -0.387 e. The monoisotopic (exact) mass is 176 g/mol. The molecule has 13 heavy (non-hydrogen) atoms. The van der Waals surface area contributed by atoms with E-state index in [0.717, 1.165) is 13.1 Å². The van der Waals surface area contributed by atoms with Gasteiger partial charge in [0, 0.05) is 13.1 Å². The van der Waals surface area contributed by atoms with E-state index in [4.69, 9.17) is 0 Å². The Hall–Kier alpha value is -1.28. The van der Waals surface area contributed by atoms with Gasteiger partial charge in [0.1, 0.15) is 0 Å². The number of hydrogen-bond acceptors (Lipinski definition) is 2. The Balaban J connectivity index is 2.53. The smallest absolute Gasteiger partial charge is 0.0395 e. The van der Waals surface area contributed by atoms with Gasteiger partial charge >= 0.3 is 0 Å². The third kappa shape index (κ3) is 3.30. The van der Waals surface area contributed by atoms with Crippen LogP contribution in [0.2, 0.25) is 0 Å². The largest absolute Gasteiger partial charge is 0.387 e. The van der Waals surface area contributed by atoms with E-state index in [1.807, 2.05) is 7.05 Å². The van der Waals surface area contributed by atoms with E-state index < -0.39 is 0 Å². The molecule has 70 valence electrons. The summed E-state index contributed by atoms with van der Waals surface area (Å²) in [5.41, 5.74) is 2.59. The van der Waals surface area contributed by atoms with Crippen LogP contribution in [-0.4, -0.2) is 7.05 Å². The molecule has 2 N–H and O–H groups in total. The fourth-order valence-corrected chi connectivity index (χ4v) is 1.17. The SMILES string of the molecule is C=CNCc1ccc(CNC)cc1. The van der Waals surface area contributed by atoms with Crippen LogP contribution in [0.25, 0.3) is 0 Å². The Kier molecular flexibility index (Phi) is 4.06. The molecule has 0 saturated carbocycles. The molecule has 0 saturated heterocycles. The van der Waals surface area contributed by atoms with Crippen LogP contribution in [0.4, 0.5) is 0 Å². The molecule has 0 aliphatic rings. The van der Waals surface area contributed by atoms with Gasteiger partial charge in [-0.1, -0.05) is 30.8 Å². The van der Waals surface area contributed by atoms with E-state index in [1.165, 1.54) is 11.1 Å². The van der Waals surface area contributed by atoms with Crippen LogP contribution in [0.1, 0.15) is 11.1 Å². The van der Waals surface area contributed by atoms with Crippen molar-refractivity contribution in [3.63, 3.8) is 0 Å². The highest BCUT2D eigenvalue weighted by atomic mass is 14.8. The third-order valence-electron chi connectivity index (χ3n) is 1.85. The van der Waals surface area contributed by atoms with Gasteiger partial charge in [0.25, 0.3) is 0 Å². The van der Waals surface area contributed by atoms with Crippen LogP contribution in [0.15, 0.2) is 37.0 Å². The Morgan fingerprint density at radius 2 is 1.69 bits per heavy atom. The van der Waals surface area contributed by atoms with Gasteiger partial charge in [-0.15, -0.1) is 0 Å². The Morgan fingerprint density at radius 1 is 1.15 bits per heavy atom. The summed E-state index contributed by atoms with van der Waals surface area (Å²) in [4.78, 5) is 0. The molecule has 0 spiro atoms. The van der Waals surface area contributed by atoms with E-state index in [1.54, 1.807) is 6.20 Å². The predicted octanol–water partition coefficient (Wildman–Crippen LogP) is 1.64. The summed E-state index contributed by atoms with van der Waals surface area (Å²) in [7, 11) is 1.95. The van der Waals surface area contributed by atoms with Crippen LogP contribution < -0.4 is 10.6 Å². The Labute approximate surface area is 79.7 Å². The maximum Gasteiger partial charge on any atom is 0.0395 e. The van der Waals surface area contributed by atoms with Crippen molar-refractivity contribution in [2.24, 2.45) is 0 Å². The molecule has 2 heteroatoms. The molecule has 2 nitrogen and oxygen atoms in total. The van der Waals surface area contributed by atoms with Crippen LogP contribution in [0, 0.1) is 0 Å². The highest BCUT2D eigenvalue weighted by Crippen LogP contribution is 2.03. The molecule has 0 aliphatic heterocycles. The summed E-state index contributed by atoms with van der Waals surface area (Å²) in [6, 6.07) is 8.53. The molecule has 0 aliphatic carbocycles.